The topological polar surface area (TPSA) is 83.7 Å². The third-order valence-corrected chi connectivity index (χ3v) is 5.46. The quantitative estimate of drug-likeness (QED) is 0.520. The Morgan fingerprint density at radius 3 is 2.96 bits per heavy atom. The molecule has 2 aliphatic rings. The number of nitrogens with one attached hydrogen (secondary N) is 4. The van der Waals surface area contributed by atoms with Crippen molar-refractivity contribution in [3.63, 3.8) is 0 Å². The van der Waals surface area contributed by atoms with E-state index < -0.39 is 0 Å². The first-order valence-corrected chi connectivity index (χ1v) is 9.59. The molecule has 7 nitrogen and oxygen atoms in total. The molecule has 4 N–H and O–H groups in total. The van der Waals surface area contributed by atoms with Crippen molar-refractivity contribution in [2.45, 2.75) is 6.04 Å². The highest BCUT2D eigenvalue weighted by atomic mass is 35.5. The highest BCUT2D eigenvalue weighted by Gasteiger charge is 2.29. The molecule has 4 rings (SSSR count). The van der Waals surface area contributed by atoms with Crippen LogP contribution in [-0.2, 0) is 0 Å². The number of hydrogen-bond donors (Lipinski definition) is 4. The summed E-state index contributed by atoms with van der Waals surface area (Å²) < 4.78 is 10.9. The number of hydrazine groups is 1. The van der Waals surface area contributed by atoms with Crippen LogP contribution < -0.4 is 31.0 Å². The number of fused-ring (bicyclic) bond motifs is 1. The van der Waals surface area contributed by atoms with E-state index in [1.807, 2.05) is 29.6 Å². The summed E-state index contributed by atoms with van der Waals surface area (Å²) in [6.07, 6.45) is 0. The highest BCUT2D eigenvalue weighted by molar-refractivity contribution is 7.12. The van der Waals surface area contributed by atoms with E-state index in [9.17, 15) is 4.79 Å². The van der Waals surface area contributed by atoms with Crippen molar-refractivity contribution in [2.24, 2.45) is 5.92 Å². The fourth-order valence-corrected chi connectivity index (χ4v) is 3.87. The minimum Gasteiger partial charge on any atom is -0.454 e. The van der Waals surface area contributed by atoms with Gasteiger partial charge in [0.05, 0.1) is 10.9 Å². The van der Waals surface area contributed by atoms with E-state index in [0.717, 1.165) is 36.0 Å². The van der Waals surface area contributed by atoms with Crippen LogP contribution in [0.5, 0.6) is 11.5 Å². The predicted octanol–water partition coefficient (Wildman–Crippen LogP) is 1.68. The van der Waals surface area contributed by atoms with Crippen molar-refractivity contribution < 1.29 is 14.3 Å². The zero-order valence-electron chi connectivity index (χ0n) is 14.7. The van der Waals surface area contributed by atoms with Crippen LogP contribution >= 0.6 is 23.7 Å². The summed E-state index contributed by atoms with van der Waals surface area (Å²) in [5.74, 6) is 2.00. The van der Waals surface area contributed by atoms with Gasteiger partial charge < -0.3 is 20.1 Å². The van der Waals surface area contributed by atoms with Crippen molar-refractivity contribution in [3.05, 3.63) is 46.2 Å². The Labute approximate surface area is 168 Å². The zero-order valence-corrected chi connectivity index (χ0v) is 16.3. The molecule has 1 saturated heterocycles. The molecule has 0 bridgehead atoms. The smallest absolute Gasteiger partial charge is 0.261 e. The molecule has 9 heteroatoms. The van der Waals surface area contributed by atoms with Crippen LogP contribution in [0.2, 0.25) is 0 Å². The molecule has 1 fully saturated rings. The van der Waals surface area contributed by atoms with Gasteiger partial charge in [-0.1, -0.05) is 12.1 Å². The van der Waals surface area contributed by atoms with Gasteiger partial charge in [0.2, 0.25) is 6.79 Å². The standard InChI is InChI=1S/C18H22N4O3S.ClH/c23-18(16-2-1-7-26-16)20-6-5-19-9-13-10-21-22-17(13)12-3-4-14-15(8-12)25-11-24-14;/h1-4,7-8,13,17,19,21-22H,5-6,9-11H2,(H,20,23);1H. The lowest BCUT2D eigenvalue weighted by atomic mass is 9.94. The van der Waals surface area contributed by atoms with Crippen LogP contribution in [0.1, 0.15) is 21.3 Å². The van der Waals surface area contributed by atoms with Gasteiger partial charge in [-0.3, -0.25) is 10.2 Å². The lowest BCUT2D eigenvalue weighted by molar-refractivity contribution is 0.0958. The fourth-order valence-electron chi connectivity index (χ4n) is 3.23. The van der Waals surface area contributed by atoms with Gasteiger partial charge in [-0.05, 0) is 29.1 Å². The molecule has 3 heterocycles. The molecule has 0 spiro atoms. The number of thiophene rings is 1. The Hall–Kier alpha value is -1.84. The number of rotatable bonds is 7. The molecule has 2 aliphatic heterocycles. The molecule has 2 atom stereocenters. The lowest BCUT2D eigenvalue weighted by Gasteiger charge is -2.19. The second kappa shape index (κ2) is 9.38. The predicted molar refractivity (Wildman–Crippen MR) is 107 cm³/mol. The van der Waals surface area contributed by atoms with Gasteiger partial charge in [0.25, 0.3) is 5.91 Å². The number of ether oxygens (including phenoxy) is 2. The van der Waals surface area contributed by atoms with E-state index in [4.69, 9.17) is 9.47 Å². The van der Waals surface area contributed by atoms with Crippen LogP contribution in [0.15, 0.2) is 35.7 Å². The number of amides is 1. The zero-order chi connectivity index (χ0) is 17.8. The van der Waals surface area contributed by atoms with E-state index in [1.165, 1.54) is 16.9 Å². The Morgan fingerprint density at radius 2 is 2.11 bits per heavy atom. The number of carbonyl (C=O) groups excluding carboxylic acids is 1. The molecule has 0 radical (unpaired) electrons. The summed E-state index contributed by atoms with van der Waals surface area (Å²) in [5.41, 5.74) is 7.75. The number of carbonyl (C=O) groups is 1. The van der Waals surface area contributed by atoms with Gasteiger partial charge in [0, 0.05) is 32.1 Å². The largest absolute Gasteiger partial charge is 0.454 e. The SMILES string of the molecule is Cl.O=C(NCCNCC1CNNC1c1ccc2c(c1)OCO2)c1cccs1. The van der Waals surface area contributed by atoms with Gasteiger partial charge in [-0.25, -0.2) is 5.43 Å². The van der Waals surface area contributed by atoms with Crippen LogP contribution in [0.4, 0.5) is 0 Å². The second-order valence-corrected chi connectivity index (χ2v) is 7.26. The van der Waals surface area contributed by atoms with Gasteiger partial charge in [0.1, 0.15) is 0 Å². The monoisotopic (exact) mass is 410 g/mol. The van der Waals surface area contributed by atoms with Crippen molar-refractivity contribution in [2.75, 3.05) is 33.0 Å². The molecule has 1 aromatic heterocycles. The van der Waals surface area contributed by atoms with Gasteiger partial charge in [-0.15, -0.1) is 23.7 Å². The molecular weight excluding hydrogens is 388 g/mol. The maximum Gasteiger partial charge on any atom is 0.261 e. The number of benzene rings is 1. The molecule has 2 aromatic rings. The van der Waals surface area contributed by atoms with Crippen molar-refractivity contribution in [1.82, 2.24) is 21.5 Å². The molecule has 146 valence electrons. The molecule has 2 unspecified atom stereocenters. The van der Waals surface area contributed by atoms with Crippen LogP contribution in [-0.4, -0.2) is 38.9 Å². The Balaban J connectivity index is 0.00000210. The van der Waals surface area contributed by atoms with E-state index in [0.29, 0.717) is 12.5 Å². The summed E-state index contributed by atoms with van der Waals surface area (Å²) >= 11 is 1.45. The Kier molecular flexibility index (Phi) is 6.92. The first-order chi connectivity index (χ1) is 12.8. The van der Waals surface area contributed by atoms with Gasteiger partial charge in [0.15, 0.2) is 11.5 Å². The summed E-state index contributed by atoms with van der Waals surface area (Å²) in [5, 5.41) is 8.27. The van der Waals surface area contributed by atoms with Crippen LogP contribution in [0.3, 0.4) is 0 Å². The molecule has 27 heavy (non-hydrogen) atoms. The minimum atomic E-state index is -0.00997. The summed E-state index contributed by atoms with van der Waals surface area (Å²) in [7, 11) is 0. The van der Waals surface area contributed by atoms with E-state index >= 15 is 0 Å². The molecular formula is C18H23ClN4O3S. The Bertz CT molecular complexity index is 759. The average Bonchev–Trinajstić information content (AvgIpc) is 3.40. The first-order valence-electron chi connectivity index (χ1n) is 8.71. The van der Waals surface area contributed by atoms with Crippen molar-refractivity contribution >= 4 is 29.7 Å². The third-order valence-electron chi connectivity index (χ3n) is 4.59. The van der Waals surface area contributed by atoms with Crippen LogP contribution in [0.25, 0.3) is 0 Å². The first kappa shape index (κ1) is 19.9. The van der Waals surface area contributed by atoms with E-state index in [2.05, 4.69) is 27.6 Å². The van der Waals surface area contributed by atoms with E-state index in [1.54, 1.807) is 0 Å². The molecule has 0 saturated carbocycles. The molecule has 1 aromatic carbocycles. The summed E-state index contributed by atoms with van der Waals surface area (Å²) in [4.78, 5) is 12.6. The van der Waals surface area contributed by atoms with Crippen molar-refractivity contribution in [1.29, 1.82) is 0 Å². The Morgan fingerprint density at radius 1 is 1.22 bits per heavy atom. The summed E-state index contributed by atoms with van der Waals surface area (Å²) in [6.45, 7) is 3.37. The number of hydrogen-bond acceptors (Lipinski definition) is 7. The fraction of sp³-hybridized carbons (Fsp3) is 0.389. The third kappa shape index (κ3) is 4.72. The van der Waals surface area contributed by atoms with Crippen molar-refractivity contribution in [3.8, 4) is 11.5 Å². The average molecular weight is 411 g/mol. The molecule has 0 aliphatic carbocycles. The maximum absolute atomic E-state index is 11.9. The van der Waals surface area contributed by atoms with Gasteiger partial charge in [-0.2, -0.15) is 0 Å². The maximum atomic E-state index is 11.9. The lowest BCUT2D eigenvalue weighted by Crippen LogP contribution is -2.35. The summed E-state index contributed by atoms with van der Waals surface area (Å²) in [6, 6.07) is 10.0. The van der Waals surface area contributed by atoms with Crippen LogP contribution in [0, 0.1) is 5.92 Å². The molecule has 1 amide bonds. The van der Waals surface area contributed by atoms with Gasteiger partial charge >= 0.3 is 0 Å². The highest BCUT2D eigenvalue weighted by Crippen LogP contribution is 2.36. The minimum absolute atomic E-state index is 0. The van der Waals surface area contributed by atoms with E-state index in [-0.39, 0.29) is 31.1 Å². The second-order valence-electron chi connectivity index (χ2n) is 6.31. The normalized spacial score (nSPS) is 20.3. The number of halogens is 1.